The van der Waals surface area contributed by atoms with Gasteiger partial charge in [0.1, 0.15) is 0 Å². The second-order valence-electron chi connectivity index (χ2n) is 8.94. The summed E-state index contributed by atoms with van der Waals surface area (Å²) in [7, 11) is 1.72. The second-order valence-corrected chi connectivity index (χ2v) is 9.35. The van der Waals surface area contributed by atoms with E-state index in [0.29, 0.717) is 21.0 Å². The molecule has 0 aliphatic carbocycles. The first-order valence-electron chi connectivity index (χ1n) is 11.6. The molecule has 0 saturated heterocycles. The van der Waals surface area contributed by atoms with Gasteiger partial charge < -0.3 is 5.32 Å². The zero-order valence-corrected chi connectivity index (χ0v) is 21.6. The highest BCUT2D eigenvalue weighted by Crippen LogP contribution is 2.34. The molecule has 0 spiro atoms. The van der Waals surface area contributed by atoms with Gasteiger partial charge in [-0.1, -0.05) is 11.6 Å². The highest BCUT2D eigenvalue weighted by atomic mass is 35.5. The molecule has 3 aromatic heterocycles. The number of benzene rings is 2. The molecule has 14 heteroatoms. The van der Waals surface area contributed by atoms with Gasteiger partial charge in [0.05, 0.1) is 51.9 Å². The van der Waals surface area contributed by atoms with E-state index in [9.17, 15) is 28.0 Å². The third kappa shape index (κ3) is 5.04. The van der Waals surface area contributed by atoms with E-state index in [2.05, 4.69) is 20.4 Å². The number of fused-ring (bicyclic) bond motifs is 1. The van der Waals surface area contributed by atoms with Crippen LogP contribution in [0.15, 0.2) is 64.6 Å². The van der Waals surface area contributed by atoms with E-state index in [4.69, 9.17) is 11.6 Å². The van der Waals surface area contributed by atoms with Gasteiger partial charge in [0.25, 0.3) is 0 Å². The summed E-state index contributed by atoms with van der Waals surface area (Å²) in [5, 5.41) is 17.2. The summed E-state index contributed by atoms with van der Waals surface area (Å²) >= 11 is 6.42. The number of hydrogen-bond donors (Lipinski definition) is 1. The normalized spacial score (nSPS) is 11.5. The van der Waals surface area contributed by atoms with Crippen molar-refractivity contribution in [3.63, 3.8) is 0 Å². The van der Waals surface area contributed by atoms with E-state index < -0.39 is 29.7 Å². The van der Waals surface area contributed by atoms with Crippen molar-refractivity contribution in [2.24, 2.45) is 7.05 Å². The number of halogens is 4. The molecule has 0 atom stereocenters. The SMILES string of the molecule is Cc1cncc(-n2c(=O)nc(Nc3cc4cn(C)nc4cc3Cl)n(Cc3cc(C#N)ccc3C(F)(F)F)c2=O)c1. The molecule has 0 radical (unpaired) electrons. The van der Waals surface area contributed by atoms with Crippen molar-refractivity contribution in [3.8, 4) is 11.8 Å². The lowest BCUT2D eigenvalue weighted by molar-refractivity contribution is -0.138. The van der Waals surface area contributed by atoms with Gasteiger partial charge >= 0.3 is 17.6 Å². The van der Waals surface area contributed by atoms with Gasteiger partial charge in [-0.3, -0.25) is 14.2 Å². The van der Waals surface area contributed by atoms with Crippen molar-refractivity contribution in [2.75, 3.05) is 5.32 Å². The Morgan fingerprint density at radius 3 is 2.60 bits per heavy atom. The van der Waals surface area contributed by atoms with Crippen LogP contribution >= 0.6 is 11.6 Å². The number of rotatable bonds is 5. The largest absolute Gasteiger partial charge is 0.416 e. The lowest BCUT2D eigenvalue weighted by Gasteiger charge is -2.18. The first-order valence-corrected chi connectivity index (χ1v) is 12.0. The number of pyridine rings is 1. The molecule has 0 aliphatic heterocycles. The van der Waals surface area contributed by atoms with Crippen molar-refractivity contribution in [1.29, 1.82) is 5.26 Å². The average molecular weight is 567 g/mol. The van der Waals surface area contributed by atoms with E-state index in [-0.39, 0.29) is 33.5 Å². The predicted molar refractivity (Wildman–Crippen MR) is 141 cm³/mol. The number of anilines is 2. The standard InChI is InChI=1S/C26H18ClF3N8O2/c1-14-5-18(11-32-10-14)38-24(39)34-23(33-22-7-17-12-36(2)35-21(17)8-20(22)27)37(25(38)40)13-16-6-15(9-31)3-4-19(16)26(28,29)30/h3-8,10-12H,13H2,1-2H3,(H,33,34,39). The molecular formula is C26H18ClF3N8O2. The van der Waals surface area contributed by atoms with Crippen LogP contribution in [0.5, 0.6) is 0 Å². The van der Waals surface area contributed by atoms with Crippen LogP contribution in [0.1, 0.15) is 22.3 Å². The fraction of sp³-hybridized carbons (Fsp3) is 0.154. The second kappa shape index (κ2) is 9.97. The molecule has 0 amide bonds. The minimum absolute atomic E-state index is 0.0419. The number of alkyl halides is 3. The van der Waals surface area contributed by atoms with E-state index in [1.54, 1.807) is 43.1 Å². The number of aromatic nitrogens is 6. The van der Waals surface area contributed by atoms with Crippen LogP contribution in [-0.2, 0) is 19.8 Å². The van der Waals surface area contributed by atoms with Gasteiger partial charge in [-0.05, 0) is 54.4 Å². The van der Waals surface area contributed by atoms with E-state index >= 15 is 0 Å². The van der Waals surface area contributed by atoms with Crippen LogP contribution in [0.4, 0.5) is 24.8 Å². The Morgan fingerprint density at radius 1 is 1.12 bits per heavy atom. The maximum Gasteiger partial charge on any atom is 0.416 e. The number of nitrogens with zero attached hydrogens (tertiary/aromatic N) is 7. The topological polar surface area (TPSA) is 123 Å². The summed E-state index contributed by atoms with van der Waals surface area (Å²) in [5.74, 6) is -0.354. The third-order valence-electron chi connectivity index (χ3n) is 6.01. The summed E-state index contributed by atoms with van der Waals surface area (Å²) < 4.78 is 44.8. The first-order chi connectivity index (χ1) is 18.9. The Labute approximate surface area is 228 Å². The predicted octanol–water partition coefficient (Wildman–Crippen LogP) is 4.32. The van der Waals surface area contributed by atoms with Gasteiger partial charge in [0.2, 0.25) is 5.95 Å². The molecule has 0 saturated carbocycles. The lowest BCUT2D eigenvalue weighted by Crippen LogP contribution is -2.42. The molecule has 1 N–H and O–H groups in total. The summed E-state index contributed by atoms with van der Waals surface area (Å²) in [6.45, 7) is 1.02. The van der Waals surface area contributed by atoms with E-state index in [1.807, 2.05) is 0 Å². The minimum Gasteiger partial charge on any atom is -0.324 e. The summed E-state index contributed by atoms with van der Waals surface area (Å²) in [5.41, 5.74) is -1.91. The molecule has 2 aromatic carbocycles. The van der Waals surface area contributed by atoms with Crippen molar-refractivity contribution in [3.05, 3.63) is 103 Å². The smallest absolute Gasteiger partial charge is 0.324 e. The Hall–Kier alpha value is -4.96. The minimum atomic E-state index is -4.78. The van der Waals surface area contributed by atoms with Gasteiger partial charge in [-0.2, -0.15) is 28.5 Å². The quantitative estimate of drug-likeness (QED) is 0.336. The third-order valence-corrected chi connectivity index (χ3v) is 6.32. The Balaban J connectivity index is 1.74. The molecule has 0 fully saturated rings. The van der Waals surface area contributed by atoms with Gasteiger partial charge in [0, 0.05) is 24.8 Å². The average Bonchev–Trinajstić information content (AvgIpc) is 3.24. The van der Waals surface area contributed by atoms with Crippen LogP contribution in [0.2, 0.25) is 5.02 Å². The molecule has 40 heavy (non-hydrogen) atoms. The van der Waals surface area contributed by atoms with Crippen LogP contribution in [0.25, 0.3) is 16.6 Å². The maximum absolute atomic E-state index is 13.9. The molecule has 5 rings (SSSR count). The van der Waals surface area contributed by atoms with E-state index in [1.165, 1.54) is 18.5 Å². The fourth-order valence-corrected chi connectivity index (χ4v) is 4.45. The molecule has 3 heterocycles. The highest BCUT2D eigenvalue weighted by Gasteiger charge is 2.34. The number of nitriles is 1. The van der Waals surface area contributed by atoms with Gasteiger partial charge in [0.15, 0.2) is 0 Å². The molecular weight excluding hydrogens is 549 g/mol. The molecule has 10 nitrogen and oxygen atoms in total. The Bertz CT molecular complexity index is 1950. The Morgan fingerprint density at radius 2 is 1.90 bits per heavy atom. The van der Waals surface area contributed by atoms with Crippen LogP contribution in [0.3, 0.4) is 0 Å². The lowest BCUT2D eigenvalue weighted by atomic mass is 10.0. The summed E-state index contributed by atoms with van der Waals surface area (Å²) in [6.07, 6.45) is -0.295. The zero-order chi connectivity index (χ0) is 28.8. The number of aryl methyl sites for hydroxylation is 2. The monoisotopic (exact) mass is 566 g/mol. The van der Waals surface area contributed by atoms with Crippen molar-refractivity contribution >= 4 is 34.1 Å². The fourth-order valence-electron chi connectivity index (χ4n) is 4.24. The summed E-state index contributed by atoms with van der Waals surface area (Å²) in [4.78, 5) is 34.8. The zero-order valence-electron chi connectivity index (χ0n) is 20.9. The van der Waals surface area contributed by atoms with Gasteiger partial charge in [-0.25, -0.2) is 14.2 Å². The van der Waals surface area contributed by atoms with Gasteiger partial charge in [-0.15, -0.1) is 0 Å². The first kappa shape index (κ1) is 26.6. The highest BCUT2D eigenvalue weighted by molar-refractivity contribution is 6.34. The number of hydrogen-bond acceptors (Lipinski definition) is 7. The molecule has 202 valence electrons. The molecule has 0 bridgehead atoms. The molecule has 0 unspecified atom stereocenters. The molecule has 0 aliphatic rings. The van der Waals surface area contributed by atoms with Crippen molar-refractivity contribution in [2.45, 2.75) is 19.6 Å². The Kier molecular flexibility index (Phi) is 6.64. The van der Waals surface area contributed by atoms with Crippen LogP contribution < -0.4 is 16.7 Å². The molecule has 5 aromatic rings. The summed E-state index contributed by atoms with van der Waals surface area (Å²) in [6, 6.07) is 9.33. The number of nitrogens with one attached hydrogen (secondary N) is 1. The maximum atomic E-state index is 13.9. The van der Waals surface area contributed by atoms with Crippen molar-refractivity contribution < 1.29 is 13.2 Å². The van der Waals surface area contributed by atoms with Crippen molar-refractivity contribution in [1.82, 2.24) is 28.9 Å². The van der Waals surface area contributed by atoms with Crippen LogP contribution in [0, 0.1) is 18.3 Å². The van der Waals surface area contributed by atoms with E-state index in [0.717, 1.165) is 22.8 Å². The van der Waals surface area contributed by atoms with Crippen LogP contribution in [-0.4, -0.2) is 28.9 Å².